The third kappa shape index (κ3) is 3.84. The zero-order chi connectivity index (χ0) is 16.1. The molecule has 0 spiro atoms. The highest BCUT2D eigenvalue weighted by molar-refractivity contribution is 5.87. The van der Waals surface area contributed by atoms with Crippen molar-refractivity contribution in [3.63, 3.8) is 0 Å². The first-order valence-corrected chi connectivity index (χ1v) is 7.99. The predicted octanol–water partition coefficient (Wildman–Crippen LogP) is 1.94. The van der Waals surface area contributed by atoms with Crippen LogP contribution in [0.4, 0.5) is 0 Å². The molecule has 1 heterocycles. The molecule has 7 heteroatoms. The molecule has 1 atom stereocenters. The van der Waals surface area contributed by atoms with Gasteiger partial charge >= 0.3 is 5.97 Å². The maximum Gasteiger partial charge on any atom is 0.358 e. The van der Waals surface area contributed by atoms with Crippen molar-refractivity contribution >= 4 is 11.9 Å². The van der Waals surface area contributed by atoms with E-state index in [1.54, 1.807) is 0 Å². The molecule has 1 aliphatic rings. The van der Waals surface area contributed by atoms with Crippen molar-refractivity contribution in [3.05, 3.63) is 11.4 Å². The van der Waals surface area contributed by atoms with E-state index in [-0.39, 0.29) is 30.1 Å². The highest BCUT2D eigenvalue weighted by Crippen LogP contribution is 2.33. The van der Waals surface area contributed by atoms with Crippen molar-refractivity contribution < 1.29 is 14.7 Å². The zero-order valence-electron chi connectivity index (χ0n) is 13.2. The van der Waals surface area contributed by atoms with Crippen LogP contribution in [0.5, 0.6) is 0 Å². The molecule has 1 unspecified atom stereocenters. The summed E-state index contributed by atoms with van der Waals surface area (Å²) in [6, 6.07) is 0.0908. The summed E-state index contributed by atoms with van der Waals surface area (Å²) < 4.78 is 1.47. The van der Waals surface area contributed by atoms with Gasteiger partial charge < -0.3 is 10.4 Å². The van der Waals surface area contributed by atoms with Crippen LogP contribution in [-0.2, 0) is 11.3 Å². The van der Waals surface area contributed by atoms with E-state index in [4.69, 9.17) is 0 Å². The Bertz CT molecular complexity index is 535. The highest BCUT2D eigenvalue weighted by atomic mass is 16.4. The first kappa shape index (κ1) is 16.5. The van der Waals surface area contributed by atoms with Gasteiger partial charge in [0.2, 0.25) is 5.91 Å². The molecule has 1 aromatic rings. The van der Waals surface area contributed by atoms with Gasteiger partial charge in [0.25, 0.3) is 0 Å². The Balaban J connectivity index is 2.19. The second kappa shape index (κ2) is 7.38. The number of carbonyl (C=O) groups excluding carboxylic acids is 1. The van der Waals surface area contributed by atoms with E-state index in [1.165, 1.54) is 11.1 Å². The summed E-state index contributed by atoms with van der Waals surface area (Å²) in [7, 11) is 0. The molecule has 1 amide bonds. The molecule has 1 fully saturated rings. The summed E-state index contributed by atoms with van der Waals surface area (Å²) in [4.78, 5) is 23.4. The summed E-state index contributed by atoms with van der Waals surface area (Å²) >= 11 is 0. The third-order valence-electron chi connectivity index (χ3n) is 4.28. The molecule has 0 bridgehead atoms. The Kier molecular flexibility index (Phi) is 5.51. The smallest absolute Gasteiger partial charge is 0.358 e. The van der Waals surface area contributed by atoms with Crippen LogP contribution in [0.3, 0.4) is 0 Å². The van der Waals surface area contributed by atoms with Gasteiger partial charge in [0.05, 0.1) is 5.69 Å². The fourth-order valence-electron chi connectivity index (χ4n) is 2.93. The summed E-state index contributed by atoms with van der Waals surface area (Å²) in [6.07, 6.45) is 6.04. The molecule has 2 N–H and O–H groups in total. The molecule has 122 valence electrons. The molecule has 1 aromatic heterocycles. The van der Waals surface area contributed by atoms with Gasteiger partial charge in [-0.25, -0.2) is 9.48 Å². The van der Waals surface area contributed by atoms with Crippen LogP contribution in [-0.4, -0.2) is 38.0 Å². The Hall–Kier alpha value is -1.92. The van der Waals surface area contributed by atoms with Crippen LogP contribution in [0.2, 0.25) is 0 Å². The maximum atomic E-state index is 12.0. The van der Waals surface area contributed by atoms with Crippen molar-refractivity contribution in [2.45, 2.75) is 70.9 Å². The van der Waals surface area contributed by atoms with Gasteiger partial charge in [-0.3, -0.25) is 4.79 Å². The van der Waals surface area contributed by atoms with Crippen LogP contribution in [0.1, 0.15) is 74.5 Å². The van der Waals surface area contributed by atoms with Crippen molar-refractivity contribution in [2.24, 2.45) is 0 Å². The van der Waals surface area contributed by atoms with Crippen LogP contribution in [0.15, 0.2) is 0 Å². The third-order valence-corrected chi connectivity index (χ3v) is 4.28. The molecule has 1 aliphatic carbocycles. The van der Waals surface area contributed by atoms with Gasteiger partial charge in [-0.05, 0) is 26.2 Å². The first-order valence-electron chi connectivity index (χ1n) is 7.99. The number of nitrogens with zero attached hydrogens (tertiary/aromatic N) is 3. The van der Waals surface area contributed by atoms with E-state index in [0.717, 1.165) is 32.1 Å². The normalized spacial score (nSPS) is 17.2. The number of hydrogen-bond donors (Lipinski definition) is 2. The van der Waals surface area contributed by atoms with Crippen molar-refractivity contribution in [1.29, 1.82) is 0 Å². The topological polar surface area (TPSA) is 97.1 Å². The molecule has 0 saturated heterocycles. The minimum atomic E-state index is -1.07. The van der Waals surface area contributed by atoms with E-state index in [0.29, 0.717) is 5.69 Å². The van der Waals surface area contributed by atoms with Crippen LogP contribution in [0, 0.1) is 0 Å². The molecule has 7 nitrogen and oxygen atoms in total. The second-order valence-corrected chi connectivity index (χ2v) is 6.00. The summed E-state index contributed by atoms with van der Waals surface area (Å²) in [5.74, 6) is -1.10. The Morgan fingerprint density at radius 2 is 2.05 bits per heavy atom. The minimum absolute atomic E-state index is 0.0109. The molecule has 1 saturated carbocycles. The lowest BCUT2D eigenvalue weighted by atomic mass is 9.86. The number of amides is 1. The molecular formula is C15H24N4O3. The van der Waals surface area contributed by atoms with Gasteiger partial charge in [0, 0.05) is 12.0 Å². The summed E-state index contributed by atoms with van der Waals surface area (Å²) in [5, 5.41) is 19.9. The number of rotatable bonds is 6. The maximum absolute atomic E-state index is 12.0. The fourth-order valence-corrected chi connectivity index (χ4v) is 2.93. The second-order valence-electron chi connectivity index (χ2n) is 6.00. The average molecular weight is 308 g/mol. The highest BCUT2D eigenvalue weighted by Gasteiger charge is 2.28. The van der Waals surface area contributed by atoms with E-state index in [9.17, 15) is 14.7 Å². The lowest BCUT2D eigenvalue weighted by molar-refractivity contribution is -0.122. The molecule has 2 rings (SSSR count). The Morgan fingerprint density at radius 3 is 2.64 bits per heavy atom. The Labute approximate surface area is 130 Å². The summed E-state index contributed by atoms with van der Waals surface area (Å²) in [6.45, 7) is 3.96. The average Bonchev–Trinajstić information content (AvgIpc) is 2.91. The van der Waals surface area contributed by atoms with Crippen LogP contribution >= 0.6 is 0 Å². The molecule has 0 aromatic carbocycles. The van der Waals surface area contributed by atoms with E-state index < -0.39 is 5.97 Å². The number of nitrogens with one attached hydrogen (secondary N) is 1. The SMILES string of the molecule is CCC(C)NC(=O)Cn1nnc(C(=O)O)c1C1CCCCC1. The summed E-state index contributed by atoms with van der Waals surface area (Å²) in [5.41, 5.74) is 0.592. The fraction of sp³-hybridized carbons (Fsp3) is 0.733. The minimum Gasteiger partial charge on any atom is -0.476 e. The van der Waals surface area contributed by atoms with E-state index in [2.05, 4.69) is 15.6 Å². The first-order chi connectivity index (χ1) is 10.5. The van der Waals surface area contributed by atoms with Gasteiger partial charge in [-0.1, -0.05) is 31.4 Å². The lowest BCUT2D eigenvalue weighted by Crippen LogP contribution is -2.35. The Morgan fingerprint density at radius 1 is 1.36 bits per heavy atom. The molecule has 0 aliphatic heterocycles. The predicted molar refractivity (Wildman–Crippen MR) is 80.7 cm³/mol. The van der Waals surface area contributed by atoms with Gasteiger partial charge in [-0.2, -0.15) is 0 Å². The number of carboxylic acid groups (broad SMARTS) is 1. The van der Waals surface area contributed by atoms with Gasteiger partial charge in [-0.15, -0.1) is 5.10 Å². The quantitative estimate of drug-likeness (QED) is 0.837. The lowest BCUT2D eigenvalue weighted by Gasteiger charge is -2.22. The number of aromatic carboxylic acids is 1. The number of aromatic nitrogens is 3. The van der Waals surface area contributed by atoms with Crippen LogP contribution in [0.25, 0.3) is 0 Å². The van der Waals surface area contributed by atoms with Crippen molar-refractivity contribution in [1.82, 2.24) is 20.3 Å². The monoisotopic (exact) mass is 308 g/mol. The number of hydrogen-bond acceptors (Lipinski definition) is 4. The van der Waals surface area contributed by atoms with Crippen molar-refractivity contribution in [3.8, 4) is 0 Å². The number of carbonyl (C=O) groups is 2. The van der Waals surface area contributed by atoms with E-state index >= 15 is 0 Å². The van der Waals surface area contributed by atoms with Gasteiger partial charge in [0.15, 0.2) is 5.69 Å². The number of carboxylic acids is 1. The molecule has 0 radical (unpaired) electrons. The molecular weight excluding hydrogens is 284 g/mol. The van der Waals surface area contributed by atoms with Crippen molar-refractivity contribution in [2.75, 3.05) is 0 Å². The van der Waals surface area contributed by atoms with Crippen LogP contribution < -0.4 is 5.32 Å². The van der Waals surface area contributed by atoms with Gasteiger partial charge in [0.1, 0.15) is 6.54 Å². The standard InChI is InChI=1S/C15H24N4O3/c1-3-10(2)16-12(20)9-19-14(11-7-5-4-6-8-11)13(15(21)22)17-18-19/h10-11H,3-9H2,1-2H3,(H,16,20)(H,21,22). The van der Waals surface area contributed by atoms with E-state index in [1.807, 2.05) is 13.8 Å². The molecule has 22 heavy (non-hydrogen) atoms. The zero-order valence-corrected chi connectivity index (χ0v) is 13.2. The largest absolute Gasteiger partial charge is 0.476 e.